The van der Waals surface area contributed by atoms with Gasteiger partial charge < -0.3 is 15.2 Å². The zero-order valence-corrected chi connectivity index (χ0v) is 17.1. The summed E-state index contributed by atoms with van der Waals surface area (Å²) in [6.07, 6.45) is 3.51. The molecule has 0 bridgehead atoms. The summed E-state index contributed by atoms with van der Waals surface area (Å²) in [6, 6.07) is 12.4. The summed E-state index contributed by atoms with van der Waals surface area (Å²) < 4.78 is 21.4. The first-order valence-corrected chi connectivity index (χ1v) is 9.76. The number of carbonyl (C=O) groups is 1. The van der Waals surface area contributed by atoms with Gasteiger partial charge in [0.1, 0.15) is 17.1 Å². The Bertz CT molecular complexity index is 1250. The second kappa shape index (κ2) is 8.43. The molecule has 0 saturated carbocycles. The van der Waals surface area contributed by atoms with Crippen molar-refractivity contribution in [3.05, 3.63) is 77.4 Å². The molecule has 158 valence electrons. The molecule has 0 unspecified atom stereocenters. The third-order valence-electron chi connectivity index (χ3n) is 5.09. The number of nitrogens with one attached hydrogen (secondary N) is 1. The smallest absolute Gasteiger partial charge is 0.339 e. The Labute approximate surface area is 178 Å². The number of halogens is 1. The molecule has 0 radical (unpaired) electrons. The second-order valence-corrected chi connectivity index (χ2v) is 7.03. The number of benzene rings is 2. The SMILES string of the molecule is CCc1ccc(Nc2c(C(=O)O)cnc3c2cnn3Cc2ccc(OC)cc2)c(F)c1. The first-order chi connectivity index (χ1) is 15.0. The number of aromatic nitrogens is 3. The molecule has 4 aromatic rings. The van der Waals surface area contributed by atoms with E-state index in [4.69, 9.17) is 4.74 Å². The van der Waals surface area contributed by atoms with Gasteiger partial charge in [-0.2, -0.15) is 5.10 Å². The lowest BCUT2D eigenvalue weighted by atomic mass is 10.1. The highest BCUT2D eigenvalue weighted by atomic mass is 19.1. The first-order valence-electron chi connectivity index (χ1n) is 9.76. The van der Waals surface area contributed by atoms with Crippen LogP contribution in [0.5, 0.6) is 5.75 Å². The van der Waals surface area contributed by atoms with E-state index in [0.29, 0.717) is 24.0 Å². The van der Waals surface area contributed by atoms with Crippen LogP contribution in [-0.2, 0) is 13.0 Å². The molecule has 0 fully saturated rings. The van der Waals surface area contributed by atoms with Crippen molar-refractivity contribution in [2.45, 2.75) is 19.9 Å². The predicted molar refractivity (Wildman–Crippen MR) is 116 cm³/mol. The van der Waals surface area contributed by atoms with E-state index in [9.17, 15) is 14.3 Å². The molecule has 4 rings (SSSR count). The Morgan fingerprint density at radius 1 is 1.16 bits per heavy atom. The molecule has 2 heterocycles. The molecule has 0 aliphatic rings. The zero-order chi connectivity index (χ0) is 22.0. The van der Waals surface area contributed by atoms with Gasteiger partial charge in [-0.15, -0.1) is 0 Å². The van der Waals surface area contributed by atoms with E-state index < -0.39 is 11.8 Å². The summed E-state index contributed by atoms with van der Waals surface area (Å²) in [5.41, 5.74) is 2.71. The highest BCUT2D eigenvalue weighted by Crippen LogP contribution is 2.31. The van der Waals surface area contributed by atoms with E-state index in [1.807, 2.05) is 31.2 Å². The van der Waals surface area contributed by atoms with Crippen LogP contribution < -0.4 is 10.1 Å². The number of anilines is 2. The number of pyridine rings is 1. The summed E-state index contributed by atoms with van der Waals surface area (Å²) in [5.74, 6) is -0.863. The maximum absolute atomic E-state index is 14.6. The summed E-state index contributed by atoms with van der Waals surface area (Å²) in [6.45, 7) is 2.37. The van der Waals surface area contributed by atoms with Crippen LogP contribution in [-0.4, -0.2) is 33.0 Å². The van der Waals surface area contributed by atoms with Crippen molar-refractivity contribution in [2.24, 2.45) is 0 Å². The van der Waals surface area contributed by atoms with Crippen LogP contribution in [0.15, 0.2) is 54.9 Å². The van der Waals surface area contributed by atoms with E-state index in [-0.39, 0.29) is 16.9 Å². The largest absolute Gasteiger partial charge is 0.497 e. The van der Waals surface area contributed by atoms with Crippen molar-refractivity contribution in [3.8, 4) is 5.75 Å². The Morgan fingerprint density at radius 2 is 1.90 bits per heavy atom. The van der Waals surface area contributed by atoms with Gasteiger partial charge in [0.25, 0.3) is 0 Å². The molecule has 31 heavy (non-hydrogen) atoms. The normalized spacial score (nSPS) is 10.9. The summed E-state index contributed by atoms with van der Waals surface area (Å²) >= 11 is 0. The van der Waals surface area contributed by atoms with E-state index >= 15 is 0 Å². The molecular weight excluding hydrogens is 399 g/mol. The lowest BCUT2D eigenvalue weighted by molar-refractivity contribution is 0.0697. The molecule has 0 aliphatic carbocycles. The molecule has 0 amide bonds. The maximum atomic E-state index is 14.6. The van der Waals surface area contributed by atoms with Gasteiger partial charge in [-0.05, 0) is 41.8 Å². The minimum absolute atomic E-state index is 0.0598. The van der Waals surface area contributed by atoms with Crippen LogP contribution in [0.25, 0.3) is 11.0 Å². The predicted octanol–water partition coefficient (Wildman–Crippen LogP) is 4.63. The van der Waals surface area contributed by atoms with Crippen molar-refractivity contribution >= 4 is 28.4 Å². The number of ether oxygens (including phenoxy) is 1. The van der Waals surface area contributed by atoms with E-state index in [1.165, 1.54) is 12.3 Å². The zero-order valence-electron chi connectivity index (χ0n) is 17.1. The van der Waals surface area contributed by atoms with Crippen LogP contribution >= 0.6 is 0 Å². The molecule has 2 N–H and O–H groups in total. The third kappa shape index (κ3) is 4.05. The minimum atomic E-state index is -1.16. The number of hydrogen-bond acceptors (Lipinski definition) is 5. The van der Waals surface area contributed by atoms with Crippen LogP contribution in [0.3, 0.4) is 0 Å². The summed E-state index contributed by atoms with van der Waals surface area (Å²) in [5, 5.41) is 17.5. The van der Waals surface area contributed by atoms with Crippen LogP contribution in [0.1, 0.15) is 28.4 Å². The van der Waals surface area contributed by atoms with Gasteiger partial charge in [0.05, 0.1) is 36.6 Å². The fraction of sp³-hybridized carbons (Fsp3) is 0.174. The number of aryl methyl sites for hydroxylation is 1. The topological polar surface area (TPSA) is 89.3 Å². The molecule has 7 nitrogen and oxygen atoms in total. The average Bonchev–Trinajstić information content (AvgIpc) is 3.18. The number of fused-ring (bicyclic) bond motifs is 1. The van der Waals surface area contributed by atoms with Gasteiger partial charge in [-0.1, -0.05) is 25.1 Å². The maximum Gasteiger partial charge on any atom is 0.339 e. The Hall–Kier alpha value is -3.94. The lowest BCUT2D eigenvalue weighted by Gasteiger charge is -2.13. The molecule has 0 aliphatic heterocycles. The van der Waals surface area contributed by atoms with Crippen molar-refractivity contribution < 1.29 is 19.0 Å². The second-order valence-electron chi connectivity index (χ2n) is 7.03. The highest BCUT2D eigenvalue weighted by molar-refractivity contribution is 6.04. The number of hydrogen-bond donors (Lipinski definition) is 2. The van der Waals surface area contributed by atoms with E-state index in [1.54, 1.807) is 30.1 Å². The molecule has 0 spiro atoms. The van der Waals surface area contributed by atoms with Crippen LogP contribution in [0, 0.1) is 5.82 Å². The Balaban J connectivity index is 1.74. The number of carboxylic acid groups (broad SMARTS) is 1. The van der Waals surface area contributed by atoms with Crippen molar-refractivity contribution in [1.29, 1.82) is 0 Å². The number of methoxy groups -OCH3 is 1. The van der Waals surface area contributed by atoms with Gasteiger partial charge >= 0.3 is 5.97 Å². The monoisotopic (exact) mass is 420 g/mol. The highest BCUT2D eigenvalue weighted by Gasteiger charge is 2.19. The number of nitrogens with zero attached hydrogens (tertiary/aromatic N) is 3. The van der Waals surface area contributed by atoms with Crippen LogP contribution in [0.2, 0.25) is 0 Å². The Morgan fingerprint density at radius 3 is 2.55 bits per heavy atom. The number of aromatic carboxylic acids is 1. The lowest BCUT2D eigenvalue weighted by Crippen LogP contribution is -2.07. The quantitative estimate of drug-likeness (QED) is 0.453. The molecule has 0 saturated heterocycles. The fourth-order valence-corrected chi connectivity index (χ4v) is 3.36. The van der Waals surface area contributed by atoms with Gasteiger partial charge in [0.15, 0.2) is 5.65 Å². The fourth-order valence-electron chi connectivity index (χ4n) is 3.36. The summed E-state index contributed by atoms with van der Waals surface area (Å²) in [4.78, 5) is 16.1. The molecule has 0 atom stereocenters. The van der Waals surface area contributed by atoms with Crippen molar-refractivity contribution in [1.82, 2.24) is 14.8 Å². The first kappa shape index (κ1) is 20.3. The molecule has 8 heteroatoms. The minimum Gasteiger partial charge on any atom is -0.497 e. The van der Waals surface area contributed by atoms with E-state index in [0.717, 1.165) is 16.9 Å². The van der Waals surface area contributed by atoms with Gasteiger partial charge in [0, 0.05) is 6.20 Å². The Kier molecular flexibility index (Phi) is 5.53. The standard InChI is InChI=1S/C23H21FN4O3/c1-3-14-6-9-20(19(24)10-14)27-21-17-12-26-28(22(17)25-11-18(21)23(29)30)13-15-4-7-16(31-2)8-5-15/h4-12H,3,13H2,1-2H3,(H,25,27)(H,29,30). The van der Waals surface area contributed by atoms with E-state index in [2.05, 4.69) is 15.4 Å². The third-order valence-corrected chi connectivity index (χ3v) is 5.09. The van der Waals surface area contributed by atoms with Gasteiger partial charge in [0.2, 0.25) is 0 Å². The molecular formula is C23H21FN4O3. The average molecular weight is 420 g/mol. The van der Waals surface area contributed by atoms with Crippen molar-refractivity contribution in [2.75, 3.05) is 12.4 Å². The van der Waals surface area contributed by atoms with Gasteiger partial charge in [-0.3, -0.25) is 0 Å². The van der Waals surface area contributed by atoms with Crippen molar-refractivity contribution in [3.63, 3.8) is 0 Å². The van der Waals surface area contributed by atoms with Crippen LogP contribution in [0.4, 0.5) is 15.8 Å². The summed E-state index contributed by atoms with van der Waals surface area (Å²) in [7, 11) is 1.60. The number of rotatable bonds is 7. The van der Waals surface area contributed by atoms with Gasteiger partial charge in [-0.25, -0.2) is 18.9 Å². The molecule has 2 aromatic heterocycles. The molecule has 2 aromatic carbocycles. The number of carboxylic acids is 1.